The van der Waals surface area contributed by atoms with Crippen LogP contribution in [-0.4, -0.2) is 51.9 Å². The number of fused-ring (bicyclic) bond motifs is 2. The molecule has 0 atom stereocenters. The van der Waals surface area contributed by atoms with Crippen LogP contribution in [0.15, 0.2) is 47.0 Å². The predicted molar refractivity (Wildman–Crippen MR) is 132 cm³/mol. The van der Waals surface area contributed by atoms with E-state index in [9.17, 15) is 4.79 Å². The first kappa shape index (κ1) is 21.6. The van der Waals surface area contributed by atoms with Gasteiger partial charge in [0.05, 0.1) is 11.2 Å². The van der Waals surface area contributed by atoms with Crippen molar-refractivity contribution in [3.8, 4) is 10.9 Å². The minimum absolute atomic E-state index is 0.211. The third-order valence-electron chi connectivity index (χ3n) is 7.45. The van der Waals surface area contributed by atoms with Gasteiger partial charge in [-0.05, 0) is 80.6 Å². The molecule has 5 heterocycles. The van der Waals surface area contributed by atoms with Crippen LogP contribution in [0.5, 0.6) is 10.9 Å². The zero-order valence-corrected chi connectivity index (χ0v) is 20.1. The summed E-state index contributed by atoms with van der Waals surface area (Å²) in [4.78, 5) is 24.9. The number of nitrogens with zero attached hydrogens (tertiary/aromatic N) is 4. The molecule has 8 heteroatoms. The van der Waals surface area contributed by atoms with Gasteiger partial charge in [0, 0.05) is 31.6 Å². The number of thiazole rings is 1. The Morgan fingerprint density at radius 3 is 2.68 bits per heavy atom. The highest BCUT2D eigenvalue weighted by Gasteiger charge is 2.38. The maximum absolute atomic E-state index is 11.6. The van der Waals surface area contributed by atoms with Crippen LogP contribution in [0.2, 0.25) is 0 Å². The number of ether oxygens (including phenoxy) is 1. The quantitative estimate of drug-likeness (QED) is 0.390. The lowest BCUT2D eigenvalue weighted by Gasteiger charge is -2.46. The highest BCUT2D eigenvalue weighted by Crippen LogP contribution is 2.41. The van der Waals surface area contributed by atoms with Crippen LogP contribution in [-0.2, 0) is 11.3 Å². The van der Waals surface area contributed by atoms with E-state index in [1.807, 2.05) is 35.2 Å². The topological polar surface area (TPSA) is 71.7 Å². The van der Waals surface area contributed by atoms with Crippen LogP contribution in [0.3, 0.4) is 0 Å². The molecule has 0 N–H and O–H groups in total. The van der Waals surface area contributed by atoms with Crippen molar-refractivity contribution in [1.82, 2.24) is 19.8 Å². The zero-order chi connectivity index (χ0) is 23.1. The minimum Gasteiger partial charge on any atom is -0.460 e. The number of hydrogen-bond acceptors (Lipinski definition) is 7. The summed E-state index contributed by atoms with van der Waals surface area (Å²) < 4.78 is 13.2. The second-order valence-corrected chi connectivity index (χ2v) is 10.6. The zero-order valence-electron chi connectivity index (χ0n) is 19.3. The van der Waals surface area contributed by atoms with Crippen molar-refractivity contribution in [3.05, 3.63) is 48.4 Å². The molecule has 1 spiro atoms. The summed E-state index contributed by atoms with van der Waals surface area (Å²) in [7, 11) is 0. The lowest BCUT2D eigenvalue weighted by atomic mass is 9.71. The van der Waals surface area contributed by atoms with Crippen LogP contribution in [0.4, 0.5) is 0 Å². The molecule has 7 nitrogen and oxygen atoms in total. The highest BCUT2D eigenvalue weighted by molar-refractivity contribution is 7.20. The molecule has 0 unspecified atom stereocenters. The molecule has 2 aliphatic rings. The van der Waals surface area contributed by atoms with Crippen LogP contribution in [0.1, 0.15) is 38.4 Å². The van der Waals surface area contributed by atoms with Gasteiger partial charge in [0.1, 0.15) is 17.1 Å². The molecule has 2 fully saturated rings. The van der Waals surface area contributed by atoms with Crippen molar-refractivity contribution >= 4 is 38.6 Å². The number of benzene rings is 1. The van der Waals surface area contributed by atoms with Crippen molar-refractivity contribution in [2.45, 2.75) is 39.2 Å². The Labute approximate surface area is 202 Å². The minimum atomic E-state index is 0.211. The fourth-order valence-electron chi connectivity index (χ4n) is 5.31. The summed E-state index contributed by atoms with van der Waals surface area (Å²) in [6.07, 6.45) is 6.42. The van der Waals surface area contributed by atoms with E-state index in [1.165, 1.54) is 24.2 Å². The summed E-state index contributed by atoms with van der Waals surface area (Å²) in [6.45, 7) is 6.49. The summed E-state index contributed by atoms with van der Waals surface area (Å²) in [5.41, 5.74) is 2.00. The number of carbonyl (C=O) groups is 1. The van der Waals surface area contributed by atoms with E-state index in [1.54, 1.807) is 13.1 Å². The van der Waals surface area contributed by atoms with E-state index < -0.39 is 0 Å². The smallest absolute Gasteiger partial charge is 0.281 e. The molecule has 2 aliphatic heterocycles. The number of pyridine rings is 1. The third-order valence-corrected chi connectivity index (χ3v) is 8.34. The number of furan rings is 1. The number of hydrogen-bond donors (Lipinski definition) is 0. The van der Waals surface area contributed by atoms with Crippen LogP contribution in [0, 0.1) is 5.41 Å². The summed E-state index contributed by atoms with van der Waals surface area (Å²) in [6, 6.07) is 11.9. The average Bonchev–Trinajstić information content (AvgIpc) is 3.43. The Morgan fingerprint density at radius 2 is 1.91 bits per heavy atom. The molecule has 6 rings (SSSR count). The van der Waals surface area contributed by atoms with Gasteiger partial charge in [0.2, 0.25) is 5.91 Å². The first-order chi connectivity index (χ1) is 16.6. The predicted octanol–water partition coefficient (Wildman–Crippen LogP) is 5.45. The Kier molecular flexibility index (Phi) is 5.50. The molecule has 0 bridgehead atoms. The van der Waals surface area contributed by atoms with E-state index in [-0.39, 0.29) is 5.91 Å². The first-order valence-electron chi connectivity index (χ1n) is 12.0. The van der Waals surface area contributed by atoms with Gasteiger partial charge in [-0.25, -0.2) is 4.98 Å². The highest BCUT2D eigenvalue weighted by atomic mass is 32.1. The van der Waals surface area contributed by atoms with E-state index in [0.29, 0.717) is 16.3 Å². The fourth-order valence-corrected chi connectivity index (χ4v) is 6.11. The van der Waals surface area contributed by atoms with E-state index in [4.69, 9.17) is 9.15 Å². The maximum Gasteiger partial charge on any atom is 0.281 e. The number of aromatic nitrogens is 2. The molecule has 2 saturated heterocycles. The van der Waals surface area contributed by atoms with Crippen LogP contribution < -0.4 is 4.74 Å². The van der Waals surface area contributed by atoms with Gasteiger partial charge in [-0.15, -0.1) is 0 Å². The van der Waals surface area contributed by atoms with E-state index >= 15 is 0 Å². The molecular formula is C26H28N4O3S. The third kappa shape index (κ3) is 4.28. The fraction of sp³-hybridized carbons (Fsp3) is 0.423. The average molecular weight is 477 g/mol. The lowest BCUT2D eigenvalue weighted by Crippen LogP contribution is -2.47. The summed E-state index contributed by atoms with van der Waals surface area (Å²) in [5.74, 6) is 1.94. The normalized spacial score (nSPS) is 18.7. The molecule has 4 aromatic rings. The second kappa shape index (κ2) is 8.67. The number of amides is 1. The van der Waals surface area contributed by atoms with Gasteiger partial charge in [-0.2, -0.15) is 4.98 Å². The molecular weight excluding hydrogens is 448 g/mol. The number of rotatable bonds is 4. The first-order valence-corrected chi connectivity index (χ1v) is 12.8. The number of likely N-dealkylation sites (tertiary alicyclic amines) is 2. The maximum atomic E-state index is 11.6. The van der Waals surface area contributed by atoms with E-state index in [0.717, 1.165) is 72.7 Å². The van der Waals surface area contributed by atoms with Crippen LogP contribution in [0.25, 0.3) is 21.3 Å². The molecule has 0 radical (unpaired) electrons. The van der Waals surface area contributed by atoms with E-state index in [2.05, 4.69) is 20.9 Å². The molecule has 0 saturated carbocycles. The summed E-state index contributed by atoms with van der Waals surface area (Å²) in [5, 5.41) is 1.63. The Balaban J connectivity index is 1.09. The molecule has 1 amide bonds. The van der Waals surface area contributed by atoms with Crippen molar-refractivity contribution < 1.29 is 13.9 Å². The largest absolute Gasteiger partial charge is 0.460 e. The SMILES string of the molecule is CC(=O)N1CCC2(CCN(Cc3cc4cc(Oc5nc6ncccc6s5)ccc4o3)CC2)CC1. The van der Waals surface area contributed by atoms with Crippen molar-refractivity contribution in [2.75, 3.05) is 26.2 Å². The molecule has 176 valence electrons. The van der Waals surface area contributed by atoms with Gasteiger partial charge in [-0.3, -0.25) is 9.69 Å². The van der Waals surface area contributed by atoms with Gasteiger partial charge >= 0.3 is 0 Å². The molecule has 3 aromatic heterocycles. The van der Waals surface area contributed by atoms with Gasteiger partial charge in [0.25, 0.3) is 5.19 Å². The number of piperidine rings is 2. The Hall–Kier alpha value is -2.97. The Bertz CT molecular complexity index is 1300. The second-order valence-electron chi connectivity index (χ2n) is 9.60. The molecule has 34 heavy (non-hydrogen) atoms. The van der Waals surface area contributed by atoms with Crippen LogP contribution >= 0.6 is 11.3 Å². The van der Waals surface area contributed by atoms with Crippen molar-refractivity contribution in [2.24, 2.45) is 5.41 Å². The Morgan fingerprint density at radius 1 is 1.12 bits per heavy atom. The lowest BCUT2D eigenvalue weighted by molar-refractivity contribution is -0.131. The molecule has 1 aromatic carbocycles. The molecule has 0 aliphatic carbocycles. The summed E-state index contributed by atoms with van der Waals surface area (Å²) >= 11 is 1.49. The van der Waals surface area contributed by atoms with Crippen molar-refractivity contribution in [1.29, 1.82) is 0 Å². The van der Waals surface area contributed by atoms with Gasteiger partial charge < -0.3 is 14.1 Å². The van der Waals surface area contributed by atoms with Crippen molar-refractivity contribution in [3.63, 3.8) is 0 Å². The monoisotopic (exact) mass is 476 g/mol. The van der Waals surface area contributed by atoms with Gasteiger partial charge in [-0.1, -0.05) is 11.3 Å². The standard InChI is InChI=1S/C26H28N4O3S/c1-18(31)30-13-8-26(9-14-30)6-11-29(12-7-26)17-21-16-19-15-20(4-5-22(19)32-21)33-25-28-24-23(34-25)3-2-10-27-24/h2-5,10,15-16H,6-9,11-14,17H2,1H3. The van der Waals surface area contributed by atoms with Gasteiger partial charge in [0.15, 0.2) is 5.65 Å². The number of carbonyl (C=O) groups excluding carboxylic acids is 1.